The van der Waals surface area contributed by atoms with E-state index in [1.165, 1.54) is 29.8 Å². The number of hydrogen-bond donors (Lipinski definition) is 1. The summed E-state index contributed by atoms with van der Waals surface area (Å²) in [4.78, 5) is 8.56. The molecule has 1 aliphatic heterocycles. The highest BCUT2D eigenvalue weighted by atomic mass is 32.1. The van der Waals surface area contributed by atoms with E-state index in [2.05, 4.69) is 24.1 Å². The van der Waals surface area contributed by atoms with Crippen molar-refractivity contribution < 1.29 is 4.74 Å². The number of piperidine rings is 1. The van der Waals surface area contributed by atoms with Gasteiger partial charge in [-0.15, -0.1) is 11.3 Å². The predicted octanol–water partition coefficient (Wildman–Crippen LogP) is 2.71. The largest absolute Gasteiger partial charge is 0.377 e. The van der Waals surface area contributed by atoms with Crippen LogP contribution in [0, 0.1) is 6.92 Å². The summed E-state index contributed by atoms with van der Waals surface area (Å²) in [6.45, 7) is 7.36. The van der Waals surface area contributed by atoms with Crippen LogP contribution in [0.1, 0.15) is 43.2 Å². The number of nitrogens with one attached hydrogen (secondary N) is 1. The van der Waals surface area contributed by atoms with Crippen LogP contribution in [0.3, 0.4) is 0 Å². The number of hydrogen-bond acceptors (Lipinski definition) is 5. The summed E-state index contributed by atoms with van der Waals surface area (Å²) in [6.07, 6.45) is 4.99. The quantitative estimate of drug-likeness (QED) is 0.906. The van der Waals surface area contributed by atoms with Gasteiger partial charge in [-0.25, -0.2) is 4.98 Å². The van der Waals surface area contributed by atoms with Crippen molar-refractivity contribution in [2.45, 2.75) is 57.7 Å². The molecule has 20 heavy (non-hydrogen) atoms. The fourth-order valence-electron chi connectivity index (χ4n) is 2.77. The van der Waals surface area contributed by atoms with Crippen LogP contribution in [0.25, 0.3) is 0 Å². The topological polar surface area (TPSA) is 37.4 Å². The molecule has 5 heteroatoms. The summed E-state index contributed by atoms with van der Waals surface area (Å²) in [5, 5.41) is 4.75. The van der Waals surface area contributed by atoms with Crippen molar-refractivity contribution in [2.24, 2.45) is 0 Å². The molecule has 112 valence electrons. The number of rotatable bonds is 5. The fraction of sp³-hybridized carbons (Fsp3) is 0.800. The number of nitrogens with zero attached hydrogens (tertiary/aromatic N) is 2. The highest BCUT2D eigenvalue weighted by molar-refractivity contribution is 7.15. The van der Waals surface area contributed by atoms with Crippen molar-refractivity contribution in [1.29, 1.82) is 0 Å². The van der Waals surface area contributed by atoms with Gasteiger partial charge < -0.3 is 15.0 Å². The Morgan fingerprint density at radius 3 is 3.00 bits per heavy atom. The molecule has 1 aromatic rings. The van der Waals surface area contributed by atoms with Crippen molar-refractivity contribution in [3.05, 3.63) is 10.6 Å². The van der Waals surface area contributed by atoms with E-state index in [1.807, 2.05) is 18.4 Å². The summed E-state index contributed by atoms with van der Waals surface area (Å²) < 4.78 is 5.68. The van der Waals surface area contributed by atoms with Crippen LogP contribution in [0.5, 0.6) is 0 Å². The summed E-state index contributed by atoms with van der Waals surface area (Å²) in [5.74, 6) is 0. The molecule has 1 saturated heterocycles. The van der Waals surface area contributed by atoms with E-state index < -0.39 is 0 Å². The first-order chi connectivity index (χ1) is 9.59. The molecule has 2 fully saturated rings. The van der Waals surface area contributed by atoms with E-state index in [9.17, 15) is 0 Å². The predicted molar refractivity (Wildman–Crippen MR) is 83.6 cm³/mol. The maximum atomic E-state index is 5.68. The van der Waals surface area contributed by atoms with E-state index >= 15 is 0 Å². The van der Waals surface area contributed by atoms with Crippen LogP contribution in [0.2, 0.25) is 0 Å². The first kappa shape index (κ1) is 14.3. The first-order valence-electron chi connectivity index (χ1n) is 7.59. The van der Waals surface area contributed by atoms with Crippen molar-refractivity contribution in [1.82, 2.24) is 10.3 Å². The lowest BCUT2D eigenvalue weighted by atomic mass is 9.95. The van der Waals surface area contributed by atoms with Crippen molar-refractivity contribution in [3.8, 4) is 0 Å². The van der Waals surface area contributed by atoms with Crippen molar-refractivity contribution in [3.63, 3.8) is 0 Å². The molecule has 0 bridgehead atoms. The Kier molecular flexibility index (Phi) is 4.02. The molecular weight excluding hydrogens is 270 g/mol. The van der Waals surface area contributed by atoms with Crippen LogP contribution < -0.4 is 10.2 Å². The molecule has 0 aromatic carbocycles. The van der Waals surface area contributed by atoms with Crippen LogP contribution >= 0.6 is 11.3 Å². The van der Waals surface area contributed by atoms with Gasteiger partial charge in [0, 0.05) is 37.7 Å². The maximum absolute atomic E-state index is 5.68. The molecule has 0 spiro atoms. The summed E-state index contributed by atoms with van der Waals surface area (Å²) in [7, 11) is 1.82. The second-order valence-corrected chi connectivity index (χ2v) is 7.40. The first-order valence-corrected chi connectivity index (χ1v) is 8.41. The Balaban J connectivity index is 1.68. The van der Waals surface area contributed by atoms with E-state index in [0.29, 0.717) is 0 Å². The Labute approximate surface area is 125 Å². The number of aryl methyl sites for hydroxylation is 1. The molecule has 1 saturated carbocycles. The van der Waals surface area contributed by atoms with Crippen LogP contribution in [0.15, 0.2) is 0 Å². The third-order valence-electron chi connectivity index (χ3n) is 4.43. The van der Waals surface area contributed by atoms with Gasteiger partial charge in [-0.1, -0.05) is 0 Å². The van der Waals surface area contributed by atoms with Crippen LogP contribution in [-0.4, -0.2) is 36.8 Å². The monoisotopic (exact) mass is 295 g/mol. The molecule has 1 atom stereocenters. The summed E-state index contributed by atoms with van der Waals surface area (Å²) in [6, 6.07) is 0.756. The van der Waals surface area contributed by atoms with Crippen LogP contribution in [0.4, 0.5) is 5.13 Å². The van der Waals surface area contributed by atoms with Gasteiger partial charge >= 0.3 is 0 Å². The summed E-state index contributed by atoms with van der Waals surface area (Å²) >= 11 is 1.84. The molecule has 0 radical (unpaired) electrons. The molecule has 2 heterocycles. The van der Waals surface area contributed by atoms with Gasteiger partial charge in [-0.2, -0.15) is 0 Å². The zero-order chi connectivity index (χ0) is 14.2. The van der Waals surface area contributed by atoms with E-state index in [1.54, 1.807) is 0 Å². The normalized spacial score (nSPS) is 27.1. The van der Waals surface area contributed by atoms with Crippen LogP contribution in [-0.2, 0) is 11.3 Å². The molecule has 1 N–H and O–H groups in total. The maximum Gasteiger partial charge on any atom is 0.185 e. The zero-order valence-electron chi connectivity index (χ0n) is 12.7. The van der Waals surface area contributed by atoms with Gasteiger partial charge in [0.05, 0.1) is 11.3 Å². The van der Waals surface area contributed by atoms with Crippen molar-refractivity contribution >= 4 is 16.5 Å². The van der Waals surface area contributed by atoms with Gasteiger partial charge in [0.1, 0.15) is 0 Å². The number of aromatic nitrogens is 1. The smallest absolute Gasteiger partial charge is 0.185 e. The standard InChI is InChI=1S/C15H25N3OS/c1-11-13(9-16-12-5-6-12)20-14(17-11)18-8-4-7-15(2,10-18)19-3/h12,16H,4-10H2,1-3H3. The Morgan fingerprint density at radius 2 is 2.30 bits per heavy atom. The zero-order valence-corrected chi connectivity index (χ0v) is 13.6. The van der Waals surface area contributed by atoms with Gasteiger partial charge in [0.25, 0.3) is 0 Å². The molecule has 1 aliphatic carbocycles. The minimum atomic E-state index is -0.0236. The number of anilines is 1. The molecule has 0 amide bonds. The average molecular weight is 295 g/mol. The SMILES string of the molecule is COC1(C)CCCN(c2nc(C)c(CNC3CC3)s2)C1. The molecule has 1 aromatic heterocycles. The number of methoxy groups -OCH3 is 1. The average Bonchev–Trinajstić information content (AvgIpc) is 3.20. The van der Waals surface area contributed by atoms with Gasteiger partial charge in [-0.3, -0.25) is 0 Å². The Hall–Kier alpha value is -0.650. The van der Waals surface area contributed by atoms with Gasteiger partial charge in [-0.05, 0) is 39.5 Å². The highest BCUT2D eigenvalue weighted by Crippen LogP contribution is 2.32. The Bertz CT molecular complexity index is 472. The minimum Gasteiger partial charge on any atom is -0.377 e. The van der Waals surface area contributed by atoms with Gasteiger partial charge in [0.2, 0.25) is 0 Å². The lowest BCUT2D eigenvalue weighted by Crippen LogP contribution is -2.47. The lowest BCUT2D eigenvalue weighted by molar-refractivity contribution is -0.00466. The molecule has 4 nitrogen and oxygen atoms in total. The second kappa shape index (κ2) is 5.62. The van der Waals surface area contributed by atoms with E-state index in [4.69, 9.17) is 9.72 Å². The molecule has 3 rings (SSSR count). The van der Waals surface area contributed by atoms with E-state index in [0.717, 1.165) is 37.2 Å². The number of ether oxygens (including phenoxy) is 1. The second-order valence-electron chi connectivity index (χ2n) is 6.34. The van der Waals surface area contributed by atoms with E-state index in [-0.39, 0.29) is 5.60 Å². The third kappa shape index (κ3) is 3.15. The molecule has 1 unspecified atom stereocenters. The summed E-state index contributed by atoms with van der Waals surface area (Å²) in [5.41, 5.74) is 1.16. The van der Waals surface area contributed by atoms with Gasteiger partial charge in [0.15, 0.2) is 5.13 Å². The van der Waals surface area contributed by atoms with Crippen molar-refractivity contribution in [2.75, 3.05) is 25.1 Å². The molecule has 2 aliphatic rings. The number of thiazole rings is 1. The lowest BCUT2D eigenvalue weighted by Gasteiger charge is -2.39. The fourth-order valence-corrected chi connectivity index (χ4v) is 3.81. The Morgan fingerprint density at radius 1 is 1.50 bits per heavy atom. The highest BCUT2D eigenvalue weighted by Gasteiger charge is 2.32. The third-order valence-corrected chi connectivity index (χ3v) is 5.65. The minimum absolute atomic E-state index is 0.0236. The molecular formula is C15H25N3OS.